The van der Waals surface area contributed by atoms with Crippen LogP contribution in [0, 0.1) is 19.8 Å². The molecule has 30 heavy (non-hydrogen) atoms. The molecule has 0 spiro atoms. The van der Waals surface area contributed by atoms with Crippen LogP contribution in [0.4, 0.5) is 5.69 Å². The number of carbonyl (C=O) groups excluding carboxylic acids is 2. The number of para-hydroxylation sites is 1. The Morgan fingerprint density at radius 1 is 1.00 bits per heavy atom. The smallest absolute Gasteiger partial charge is 0.282 e. The number of hydrogen-bond acceptors (Lipinski definition) is 4. The molecular weight excluding hydrogens is 376 g/mol. The van der Waals surface area contributed by atoms with Gasteiger partial charge in [-0.3, -0.25) is 9.59 Å². The second-order valence-corrected chi connectivity index (χ2v) is 8.41. The number of rotatable bonds is 4. The average molecular weight is 405 g/mol. The molecule has 2 aromatic carbocycles. The second-order valence-electron chi connectivity index (χ2n) is 8.41. The van der Waals surface area contributed by atoms with Crippen LogP contribution in [0.3, 0.4) is 0 Å². The summed E-state index contributed by atoms with van der Waals surface area (Å²) in [6.07, 6.45) is 2.14. The number of likely N-dealkylation sites (tertiary alicyclic amines) is 1. The first-order valence-electron chi connectivity index (χ1n) is 10.5. The number of nitrogens with zero attached hydrogens (tertiary/aromatic N) is 2. The van der Waals surface area contributed by atoms with Gasteiger partial charge in [0.05, 0.1) is 18.4 Å². The molecule has 2 aromatic rings. The minimum absolute atomic E-state index is 0.250. The van der Waals surface area contributed by atoms with Crippen LogP contribution in [-0.4, -0.2) is 36.9 Å². The number of piperidine rings is 1. The first-order valence-corrected chi connectivity index (χ1v) is 10.5. The summed E-state index contributed by atoms with van der Waals surface area (Å²) in [5.41, 5.74) is 4.25. The Labute approximate surface area is 177 Å². The van der Waals surface area contributed by atoms with Gasteiger partial charge in [0.2, 0.25) is 0 Å². The summed E-state index contributed by atoms with van der Waals surface area (Å²) in [5, 5.41) is 0. The number of hydrogen-bond donors (Lipinski definition) is 0. The number of imide groups is 1. The Morgan fingerprint density at radius 2 is 1.70 bits per heavy atom. The molecule has 0 saturated carbocycles. The SMILES string of the molecule is COc1ccccc1C1=C(N2CCCC(C)C2)C(=O)N(c2cc(C)cc(C)c2)C1=O. The molecule has 2 aliphatic heterocycles. The molecule has 4 rings (SSSR count). The topological polar surface area (TPSA) is 49.9 Å². The van der Waals surface area contributed by atoms with E-state index in [1.807, 2.05) is 56.3 Å². The van der Waals surface area contributed by atoms with E-state index in [4.69, 9.17) is 4.74 Å². The number of aryl methyl sites for hydroxylation is 2. The fourth-order valence-corrected chi connectivity index (χ4v) is 4.61. The van der Waals surface area contributed by atoms with Crippen LogP contribution in [0.1, 0.15) is 36.5 Å². The largest absolute Gasteiger partial charge is 0.496 e. The predicted molar refractivity (Wildman–Crippen MR) is 118 cm³/mol. The van der Waals surface area contributed by atoms with Crippen molar-refractivity contribution in [3.8, 4) is 5.75 Å². The van der Waals surface area contributed by atoms with Crippen molar-refractivity contribution in [1.82, 2.24) is 4.90 Å². The predicted octanol–water partition coefficient (Wildman–Crippen LogP) is 4.33. The summed E-state index contributed by atoms with van der Waals surface area (Å²) in [6.45, 7) is 7.69. The van der Waals surface area contributed by atoms with Crippen LogP contribution < -0.4 is 9.64 Å². The summed E-state index contributed by atoms with van der Waals surface area (Å²) >= 11 is 0. The van der Waals surface area contributed by atoms with E-state index in [1.165, 1.54) is 4.90 Å². The van der Waals surface area contributed by atoms with Crippen molar-refractivity contribution in [3.63, 3.8) is 0 Å². The highest BCUT2D eigenvalue weighted by molar-refractivity contribution is 6.45. The summed E-state index contributed by atoms with van der Waals surface area (Å²) in [4.78, 5) is 30.8. The Bertz CT molecular complexity index is 1020. The lowest BCUT2D eigenvalue weighted by Crippen LogP contribution is -2.39. The number of benzene rings is 2. The molecule has 0 N–H and O–H groups in total. The van der Waals surface area contributed by atoms with Crippen LogP contribution in [0.5, 0.6) is 5.75 Å². The van der Waals surface area contributed by atoms with Crippen LogP contribution in [0.2, 0.25) is 0 Å². The highest BCUT2D eigenvalue weighted by Crippen LogP contribution is 2.39. The summed E-state index contributed by atoms with van der Waals surface area (Å²) in [7, 11) is 1.59. The molecular formula is C25H28N2O3. The summed E-state index contributed by atoms with van der Waals surface area (Å²) in [5.74, 6) is 0.532. The van der Waals surface area contributed by atoms with Crippen molar-refractivity contribution < 1.29 is 14.3 Å². The lowest BCUT2D eigenvalue weighted by molar-refractivity contribution is -0.120. The number of methoxy groups -OCH3 is 1. The zero-order valence-corrected chi connectivity index (χ0v) is 18.1. The minimum atomic E-state index is -0.289. The maximum Gasteiger partial charge on any atom is 0.282 e. The fraction of sp³-hybridized carbons (Fsp3) is 0.360. The average Bonchev–Trinajstić information content (AvgIpc) is 2.97. The Balaban J connectivity index is 1.88. The number of anilines is 1. The van der Waals surface area contributed by atoms with Gasteiger partial charge in [0.25, 0.3) is 11.8 Å². The van der Waals surface area contributed by atoms with E-state index in [2.05, 4.69) is 11.8 Å². The third-order valence-electron chi connectivity index (χ3n) is 5.87. The van der Waals surface area contributed by atoms with Gasteiger partial charge in [-0.25, -0.2) is 4.90 Å². The third kappa shape index (κ3) is 3.49. The van der Waals surface area contributed by atoms with Gasteiger partial charge in [-0.2, -0.15) is 0 Å². The molecule has 0 bridgehead atoms. The molecule has 5 nitrogen and oxygen atoms in total. The molecule has 1 fully saturated rings. The van der Waals surface area contributed by atoms with E-state index in [-0.39, 0.29) is 11.8 Å². The van der Waals surface area contributed by atoms with E-state index in [0.717, 1.165) is 37.1 Å². The summed E-state index contributed by atoms with van der Waals surface area (Å²) in [6, 6.07) is 13.3. The molecule has 1 saturated heterocycles. The van der Waals surface area contributed by atoms with Crippen molar-refractivity contribution >= 4 is 23.1 Å². The van der Waals surface area contributed by atoms with Gasteiger partial charge in [-0.15, -0.1) is 0 Å². The zero-order chi connectivity index (χ0) is 21.4. The van der Waals surface area contributed by atoms with Gasteiger partial charge >= 0.3 is 0 Å². The molecule has 156 valence electrons. The van der Waals surface area contributed by atoms with E-state index in [1.54, 1.807) is 7.11 Å². The molecule has 5 heteroatoms. The van der Waals surface area contributed by atoms with Crippen molar-refractivity contribution in [3.05, 3.63) is 64.9 Å². The minimum Gasteiger partial charge on any atom is -0.496 e. The van der Waals surface area contributed by atoms with Gasteiger partial charge in [0, 0.05) is 18.7 Å². The van der Waals surface area contributed by atoms with E-state index in [0.29, 0.717) is 34.2 Å². The monoisotopic (exact) mass is 404 g/mol. The van der Waals surface area contributed by atoms with Crippen molar-refractivity contribution in [2.75, 3.05) is 25.1 Å². The molecule has 0 aliphatic carbocycles. The zero-order valence-electron chi connectivity index (χ0n) is 18.1. The Kier molecular flexibility index (Phi) is 5.37. The standard InChI is InChI=1S/C25H28N2O3/c1-16-8-7-11-26(15-16)23-22(20-9-5-6-10-21(20)30-4)24(28)27(25(23)29)19-13-17(2)12-18(3)14-19/h5-6,9-10,12-14,16H,7-8,11,15H2,1-4H3. The van der Waals surface area contributed by atoms with Gasteiger partial charge in [-0.1, -0.05) is 31.2 Å². The number of ether oxygens (including phenoxy) is 1. The normalized spacial score (nSPS) is 19.7. The van der Waals surface area contributed by atoms with Crippen molar-refractivity contribution in [2.45, 2.75) is 33.6 Å². The lowest BCUT2D eigenvalue weighted by Gasteiger charge is -2.33. The number of carbonyl (C=O) groups is 2. The van der Waals surface area contributed by atoms with E-state index < -0.39 is 0 Å². The highest BCUT2D eigenvalue weighted by atomic mass is 16.5. The maximum absolute atomic E-state index is 13.7. The fourth-order valence-electron chi connectivity index (χ4n) is 4.61. The quantitative estimate of drug-likeness (QED) is 0.712. The lowest BCUT2D eigenvalue weighted by atomic mass is 9.97. The Morgan fingerprint density at radius 3 is 2.37 bits per heavy atom. The van der Waals surface area contributed by atoms with Crippen molar-refractivity contribution in [2.24, 2.45) is 5.92 Å². The van der Waals surface area contributed by atoms with Crippen LogP contribution >= 0.6 is 0 Å². The molecule has 2 amide bonds. The van der Waals surface area contributed by atoms with Gasteiger partial charge in [-0.05, 0) is 61.9 Å². The molecule has 1 unspecified atom stereocenters. The number of amides is 2. The highest BCUT2D eigenvalue weighted by Gasteiger charge is 2.44. The van der Waals surface area contributed by atoms with E-state index >= 15 is 0 Å². The second kappa shape index (κ2) is 7.98. The molecule has 1 atom stereocenters. The van der Waals surface area contributed by atoms with E-state index in [9.17, 15) is 9.59 Å². The molecule has 0 radical (unpaired) electrons. The van der Waals surface area contributed by atoms with Gasteiger partial charge < -0.3 is 9.64 Å². The first-order chi connectivity index (χ1) is 14.4. The van der Waals surface area contributed by atoms with Gasteiger partial charge in [0.1, 0.15) is 11.4 Å². The molecule has 0 aromatic heterocycles. The van der Waals surface area contributed by atoms with Crippen LogP contribution in [-0.2, 0) is 9.59 Å². The van der Waals surface area contributed by atoms with Gasteiger partial charge in [0.15, 0.2) is 0 Å². The van der Waals surface area contributed by atoms with Crippen LogP contribution in [0.25, 0.3) is 5.57 Å². The Hall–Kier alpha value is -3.08. The van der Waals surface area contributed by atoms with Crippen molar-refractivity contribution in [1.29, 1.82) is 0 Å². The third-order valence-corrected chi connectivity index (χ3v) is 5.87. The first kappa shape index (κ1) is 20.2. The van der Waals surface area contributed by atoms with Crippen LogP contribution in [0.15, 0.2) is 48.2 Å². The maximum atomic E-state index is 13.7. The summed E-state index contributed by atoms with van der Waals surface area (Å²) < 4.78 is 5.54. The molecule has 2 aliphatic rings. The molecule has 2 heterocycles.